The first-order chi connectivity index (χ1) is 5.66. The molecule has 0 unspecified atom stereocenters. The first kappa shape index (κ1) is 8.27. The maximum atomic E-state index is 10.5. The Morgan fingerprint density at radius 2 is 2.58 bits per heavy atom. The Hall–Kier alpha value is -1.83. The molecule has 1 heterocycles. The third-order valence-corrected chi connectivity index (χ3v) is 1.50. The van der Waals surface area contributed by atoms with Crippen molar-refractivity contribution in [1.29, 1.82) is 5.26 Å². The number of hydrogen-bond acceptors (Lipinski definition) is 3. The second-order valence-corrected chi connectivity index (χ2v) is 2.24. The molecule has 0 radical (unpaired) electrons. The van der Waals surface area contributed by atoms with Crippen LogP contribution in [-0.4, -0.2) is 20.6 Å². The predicted octanol–water partition coefficient (Wildman–Crippen LogP) is 0.413. The molecular weight excluding hydrogens is 158 g/mol. The van der Waals surface area contributed by atoms with Crippen LogP contribution in [0.4, 0.5) is 0 Å². The quantitative estimate of drug-likeness (QED) is 0.688. The average Bonchev–Trinajstić information content (AvgIpc) is 2.34. The molecule has 0 aliphatic rings. The van der Waals surface area contributed by atoms with Crippen LogP contribution in [0.15, 0.2) is 6.20 Å². The first-order valence-electron chi connectivity index (χ1n) is 3.29. The van der Waals surface area contributed by atoms with Crippen LogP contribution in [0, 0.1) is 18.3 Å². The maximum absolute atomic E-state index is 10.5. The third kappa shape index (κ3) is 1.27. The van der Waals surface area contributed by atoms with Crippen LogP contribution in [0.1, 0.15) is 16.3 Å². The van der Waals surface area contributed by atoms with Gasteiger partial charge in [0.25, 0.3) is 0 Å². The number of carbonyl (C=O) groups is 1. The monoisotopic (exact) mass is 165 g/mol. The topological polar surface area (TPSA) is 78.9 Å². The summed E-state index contributed by atoms with van der Waals surface area (Å²) in [5, 5.41) is 17.0. The lowest BCUT2D eigenvalue weighted by molar-refractivity contribution is 0.0685. The summed E-state index contributed by atoms with van der Waals surface area (Å²) in [7, 11) is 0. The highest BCUT2D eigenvalue weighted by Crippen LogP contribution is 2.03. The van der Waals surface area contributed by atoms with Gasteiger partial charge < -0.3 is 9.67 Å². The van der Waals surface area contributed by atoms with Crippen LogP contribution in [0.5, 0.6) is 0 Å². The number of nitriles is 1. The van der Waals surface area contributed by atoms with E-state index in [1.54, 1.807) is 6.92 Å². The van der Waals surface area contributed by atoms with Gasteiger partial charge in [-0.05, 0) is 6.92 Å². The van der Waals surface area contributed by atoms with Crippen molar-refractivity contribution in [2.24, 2.45) is 0 Å². The van der Waals surface area contributed by atoms with E-state index in [0.29, 0.717) is 5.82 Å². The molecule has 0 aliphatic carbocycles. The zero-order valence-corrected chi connectivity index (χ0v) is 6.48. The number of rotatable bonds is 2. The Balaban J connectivity index is 3.14. The fourth-order valence-corrected chi connectivity index (χ4v) is 0.909. The molecule has 1 N–H and O–H groups in total. The average molecular weight is 165 g/mol. The van der Waals surface area contributed by atoms with E-state index in [2.05, 4.69) is 4.98 Å². The van der Waals surface area contributed by atoms with Crippen molar-refractivity contribution in [2.75, 3.05) is 0 Å². The second kappa shape index (κ2) is 3.05. The Morgan fingerprint density at radius 3 is 3.08 bits per heavy atom. The molecule has 62 valence electrons. The molecule has 1 aromatic rings. The van der Waals surface area contributed by atoms with Gasteiger partial charge in [-0.3, -0.25) is 0 Å². The fraction of sp³-hybridized carbons (Fsp3) is 0.286. The highest BCUT2D eigenvalue weighted by molar-refractivity contribution is 5.85. The lowest BCUT2D eigenvalue weighted by atomic mass is 10.4. The maximum Gasteiger partial charge on any atom is 0.354 e. The minimum atomic E-state index is -1.06. The summed E-state index contributed by atoms with van der Waals surface area (Å²) >= 11 is 0. The van der Waals surface area contributed by atoms with Crippen LogP contribution in [0.3, 0.4) is 0 Å². The molecule has 5 nitrogen and oxygen atoms in total. The molecule has 1 aromatic heterocycles. The van der Waals surface area contributed by atoms with Gasteiger partial charge >= 0.3 is 5.97 Å². The Morgan fingerprint density at radius 1 is 1.92 bits per heavy atom. The lowest BCUT2D eigenvalue weighted by Crippen LogP contribution is -2.08. The summed E-state index contributed by atoms with van der Waals surface area (Å²) in [5.41, 5.74) is 0.0500. The predicted molar refractivity (Wildman–Crippen MR) is 39.5 cm³/mol. The Labute approximate surface area is 68.9 Å². The molecule has 1 rings (SSSR count). The van der Waals surface area contributed by atoms with Gasteiger partial charge in [0.2, 0.25) is 0 Å². The van der Waals surface area contributed by atoms with Crippen molar-refractivity contribution >= 4 is 5.97 Å². The molecule has 0 saturated carbocycles. The van der Waals surface area contributed by atoms with E-state index in [1.807, 2.05) is 6.07 Å². The van der Waals surface area contributed by atoms with E-state index in [0.717, 1.165) is 0 Å². The molecule has 12 heavy (non-hydrogen) atoms. The van der Waals surface area contributed by atoms with Gasteiger partial charge in [-0.1, -0.05) is 0 Å². The zero-order chi connectivity index (χ0) is 9.14. The summed E-state index contributed by atoms with van der Waals surface area (Å²) < 4.78 is 1.35. The van der Waals surface area contributed by atoms with Crippen molar-refractivity contribution in [3.8, 4) is 6.07 Å². The number of carboxylic acid groups (broad SMARTS) is 1. The molecule has 0 atom stereocenters. The second-order valence-electron chi connectivity index (χ2n) is 2.24. The van der Waals surface area contributed by atoms with Crippen LogP contribution < -0.4 is 0 Å². The van der Waals surface area contributed by atoms with Gasteiger partial charge in [-0.15, -0.1) is 0 Å². The lowest BCUT2D eigenvalue weighted by Gasteiger charge is -1.99. The Kier molecular flexibility index (Phi) is 2.10. The molecule has 0 bridgehead atoms. The van der Waals surface area contributed by atoms with Gasteiger partial charge in [-0.2, -0.15) is 5.26 Å². The van der Waals surface area contributed by atoms with Gasteiger partial charge in [0.1, 0.15) is 18.1 Å². The Bertz CT molecular complexity index is 348. The number of aromatic nitrogens is 2. The number of hydrogen-bond donors (Lipinski definition) is 1. The standard InChI is InChI=1S/C7H7N3O2/c1-5-9-4-6(7(11)12)10(5)3-2-8/h4H,3H2,1H3,(H,11,12). The van der Waals surface area contributed by atoms with Crippen molar-refractivity contribution in [3.05, 3.63) is 17.7 Å². The number of carboxylic acids is 1. The normalized spacial score (nSPS) is 9.33. The van der Waals surface area contributed by atoms with Crippen molar-refractivity contribution in [1.82, 2.24) is 9.55 Å². The highest BCUT2D eigenvalue weighted by Gasteiger charge is 2.11. The summed E-state index contributed by atoms with van der Waals surface area (Å²) in [4.78, 5) is 14.3. The smallest absolute Gasteiger partial charge is 0.354 e. The minimum absolute atomic E-state index is 0.0213. The van der Waals surface area contributed by atoms with Crippen LogP contribution >= 0.6 is 0 Å². The molecule has 0 saturated heterocycles. The van der Waals surface area contributed by atoms with E-state index in [-0.39, 0.29) is 12.2 Å². The fourth-order valence-electron chi connectivity index (χ4n) is 0.909. The van der Waals surface area contributed by atoms with Crippen LogP contribution in [0.2, 0.25) is 0 Å². The molecule has 5 heteroatoms. The number of aryl methyl sites for hydroxylation is 1. The molecular formula is C7H7N3O2. The largest absolute Gasteiger partial charge is 0.477 e. The van der Waals surface area contributed by atoms with E-state index < -0.39 is 5.97 Å². The number of imidazole rings is 1. The molecule has 0 aliphatic heterocycles. The zero-order valence-electron chi connectivity index (χ0n) is 6.48. The van der Waals surface area contributed by atoms with Crippen molar-refractivity contribution in [2.45, 2.75) is 13.5 Å². The summed E-state index contributed by atoms with van der Waals surface area (Å²) in [6.07, 6.45) is 1.25. The first-order valence-corrected chi connectivity index (χ1v) is 3.29. The third-order valence-electron chi connectivity index (χ3n) is 1.50. The molecule has 0 spiro atoms. The van der Waals surface area contributed by atoms with Gasteiger partial charge in [-0.25, -0.2) is 9.78 Å². The van der Waals surface area contributed by atoms with E-state index in [1.165, 1.54) is 10.8 Å². The van der Waals surface area contributed by atoms with Gasteiger partial charge in [0.15, 0.2) is 0 Å². The SMILES string of the molecule is Cc1ncc(C(=O)O)n1CC#N. The molecule has 0 aromatic carbocycles. The van der Waals surface area contributed by atoms with E-state index in [9.17, 15) is 4.79 Å². The number of nitrogens with zero attached hydrogens (tertiary/aromatic N) is 3. The summed E-state index contributed by atoms with van der Waals surface area (Å²) in [6.45, 7) is 1.68. The molecule has 0 amide bonds. The van der Waals surface area contributed by atoms with Gasteiger partial charge in [0.05, 0.1) is 12.3 Å². The van der Waals surface area contributed by atoms with Crippen LogP contribution in [-0.2, 0) is 6.54 Å². The van der Waals surface area contributed by atoms with Crippen molar-refractivity contribution in [3.63, 3.8) is 0 Å². The van der Waals surface area contributed by atoms with Gasteiger partial charge in [0, 0.05) is 0 Å². The highest BCUT2D eigenvalue weighted by atomic mass is 16.4. The summed E-state index contributed by atoms with van der Waals surface area (Å²) in [6, 6.07) is 1.87. The van der Waals surface area contributed by atoms with Crippen LogP contribution in [0.25, 0.3) is 0 Å². The number of aromatic carboxylic acids is 1. The minimum Gasteiger partial charge on any atom is -0.477 e. The van der Waals surface area contributed by atoms with E-state index in [4.69, 9.17) is 10.4 Å². The summed E-state index contributed by atoms with van der Waals surface area (Å²) in [5.74, 6) is -0.528. The van der Waals surface area contributed by atoms with Crippen molar-refractivity contribution < 1.29 is 9.90 Å². The molecule has 0 fully saturated rings. The van der Waals surface area contributed by atoms with E-state index >= 15 is 0 Å².